The summed E-state index contributed by atoms with van der Waals surface area (Å²) in [5, 5.41) is 9.62. The maximum Gasteiger partial charge on any atom is 0.270 e. The van der Waals surface area contributed by atoms with Gasteiger partial charge in [0.25, 0.3) is 11.5 Å². The number of anilines is 1. The van der Waals surface area contributed by atoms with Gasteiger partial charge in [-0.25, -0.2) is 0 Å². The fourth-order valence-electron chi connectivity index (χ4n) is 4.27. The number of thiocarbonyl (C=S) groups is 1. The van der Waals surface area contributed by atoms with Gasteiger partial charge in [-0.15, -0.1) is 0 Å². The fraction of sp³-hybridized carbons (Fsp3) is 0.565. The number of carbonyl (C=O) groups is 1. The highest BCUT2D eigenvalue weighted by atomic mass is 32.2. The van der Waals surface area contributed by atoms with E-state index in [0.29, 0.717) is 46.9 Å². The Kier molecular flexibility index (Phi) is 8.15. The van der Waals surface area contributed by atoms with Gasteiger partial charge in [0.1, 0.15) is 21.8 Å². The number of carbonyl (C=O) groups excluding carboxylic acids is 1. The molecule has 9 heteroatoms. The van der Waals surface area contributed by atoms with Gasteiger partial charge in [0, 0.05) is 45.5 Å². The fourth-order valence-corrected chi connectivity index (χ4v) is 5.56. The number of aromatic nitrogens is 1. The molecule has 1 atom stereocenters. The quantitative estimate of drug-likeness (QED) is 0.340. The van der Waals surface area contributed by atoms with Crippen molar-refractivity contribution >= 4 is 46.1 Å². The van der Waals surface area contributed by atoms with Crippen molar-refractivity contribution in [2.45, 2.75) is 40.0 Å². The Bertz CT molecular complexity index is 1040. The Hall–Kier alpha value is -2.15. The second-order valence-electron chi connectivity index (χ2n) is 8.29. The van der Waals surface area contributed by atoms with E-state index in [4.69, 9.17) is 17.0 Å². The van der Waals surface area contributed by atoms with E-state index < -0.39 is 0 Å². The third-order valence-electron chi connectivity index (χ3n) is 5.95. The Morgan fingerprint density at radius 2 is 2.12 bits per heavy atom. The Morgan fingerprint density at radius 3 is 2.78 bits per heavy atom. The summed E-state index contributed by atoms with van der Waals surface area (Å²) in [6.45, 7) is 9.32. The monoisotopic (exact) mass is 474 g/mol. The van der Waals surface area contributed by atoms with Crippen LogP contribution in [0.15, 0.2) is 9.70 Å². The van der Waals surface area contributed by atoms with Gasteiger partial charge in [-0.2, -0.15) is 5.26 Å². The molecule has 1 amide bonds. The zero-order valence-electron chi connectivity index (χ0n) is 19.1. The van der Waals surface area contributed by atoms with E-state index in [1.807, 2.05) is 13.0 Å². The van der Waals surface area contributed by atoms with Crippen molar-refractivity contribution in [2.75, 3.05) is 37.7 Å². The first kappa shape index (κ1) is 24.5. The molecule has 1 unspecified atom stereocenters. The molecule has 0 spiro atoms. The zero-order valence-corrected chi connectivity index (χ0v) is 20.8. The van der Waals surface area contributed by atoms with Gasteiger partial charge >= 0.3 is 0 Å². The maximum absolute atomic E-state index is 13.1. The number of rotatable bonds is 7. The molecule has 3 rings (SSSR count). The second kappa shape index (κ2) is 10.6. The van der Waals surface area contributed by atoms with Crippen molar-refractivity contribution in [3.8, 4) is 6.07 Å². The van der Waals surface area contributed by atoms with E-state index in [-0.39, 0.29) is 17.0 Å². The van der Waals surface area contributed by atoms with Gasteiger partial charge in [0.2, 0.25) is 0 Å². The molecular weight excluding hydrogens is 444 g/mol. The van der Waals surface area contributed by atoms with E-state index in [9.17, 15) is 14.9 Å². The van der Waals surface area contributed by atoms with E-state index in [1.54, 1.807) is 23.4 Å². The van der Waals surface area contributed by atoms with Crippen LogP contribution in [0.4, 0.5) is 5.82 Å². The number of hydrogen-bond donors (Lipinski definition) is 0. The predicted octanol–water partition coefficient (Wildman–Crippen LogP) is 3.43. The summed E-state index contributed by atoms with van der Waals surface area (Å²) < 4.78 is 7.45. The average molecular weight is 475 g/mol. The molecule has 0 N–H and O–H groups in total. The molecule has 2 saturated heterocycles. The number of nitrogens with zero attached hydrogens (tertiary/aromatic N) is 4. The van der Waals surface area contributed by atoms with Crippen LogP contribution in [0.1, 0.15) is 49.8 Å². The Labute approximate surface area is 199 Å². The molecule has 0 aromatic carbocycles. The Morgan fingerprint density at radius 1 is 1.38 bits per heavy atom. The minimum Gasteiger partial charge on any atom is -0.382 e. The predicted molar refractivity (Wildman–Crippen MR) is 133 cm³/mol. The molecule has 2 fully saturated rings. The summed E-state index contributed by atoms with van der Waals surface area (Å²) in [6, 6.07) is 2.05. The van der Waals surface area contributed by atoms with Gasteiger partial charge in [-0.3, -0.25) is 19.1 Å². The summed E-state index contributed by atoms with van der Waals surface area (Å²) in [5.74, 6) is 1.13. The lowest BCUT2D eigenvalue weighted by Crippen LogP contribution is -2.39. The van der Waals surface area contributed by atoms with Gasteiger partial charge in [0.15, 0.2) is 0 Å². The SMILES string of the molecule is CCOCCCN1C(=O)C(=Cc2c(C)c(C#N)c(=O)n(C)c2N2CCCC(C)C2)SC1=S. The van der Waals surface area contributed by atoms with E-state index >= 15 is 0 Å². The van der Waals surface area contributed by atoms with Crippen LogP contribution in [0.2, 0.25) is 0 Å². The second-order valence-corrected chi connectivity index (χ2v) is 9.97. The number of amides is 1. The first-order valence-electron chi connectivity index (χ1n) is 11.0. The summed E-state index contributed by atoms with van der Waals surface area (Å²) in [4.78, 5) is 30.3. The molecule has 0 radical (unpaired) electrons. The van der Waals surface area contributed by atoms with Crippen LogP contribution in [-0.4, -0.2) is 52.5 Å². The molecule has 0 saturated carbocycles. The lowest BCUT2D eigenvalue weighted by Gasteiger charge is -2.35. The third kappa shape index (κ3) is 4.92. The number of nitriles is 1. The van der Waals surface area contributed by atoms with Crippen LogP contribution in [-0.2, 0) is 16.6 Å². The van der Waals surface area contributed by atoms with Crippen LogP contribution < -0.4 is 10.5 Å². The molecular formula is C23H30N4O3S2. The number of pyridine rings is 1. The molecule has 2 aliphatic heterocycles. The zero-order chi connectivity index (χ0) is 23.4. The van der Waals surface area contributed by atoms with Gasteiger partial charge in [-0.1, -0.05) is 30.9 Å². The normalized spacial score (nSPS) is 20.3. The maximum atomic E-state index is 13.1. The Balaban J connectivity index is 2.03. The number of thioether (sulfide) groups is 1. The molecule has 1 aromatic rings. The molecule has 7 nitrogen and oxygen atoms in total. The molecule has 0 aliphatic carbocycles. The van der Waals surface area contributed by atoms with Crippen LogP contribution in [0.5, 0.6) is 0 Å². The lowest BCUT2D eigenvalue weighted by molar-refractivity contribution is -0.122. The molecule has 1 aromatic heterocycles. The minimum absolute atomic E-state index is 0.111. The van der Waals surface area contributed by atoms with Crippen molar-refractivity contribution in [1.82, 2.24) is 9.47 Å². The first-order valence-corrected chi connectivity index (χ1v) is 12.2. The van der Waals surface area contributed by atoms with Crippen molar-refractivity contribution in [1.29, 1.82) is 5.26 Å². The number of piperidine rings is 1. The molecule has 0 bridgehead atoms. The minimum atomic E-state index is -0.307. The van der Waals surface area contributed by atoms with Gasteiger partial charge in [0.05, 0.1) is 4.91 Å². The van der Waals surface area contributed by atoms with Crippen molar-refractivity contribution in [2.24, 2.45) is 13.0 Å². The van der Waals surface area contributed by atoms with Crippen molar-refractivity contribution in [3.05, 3.63) is 31.9 Å². The van der Waals surface area contributed by atoms with Gasteiger partial charge < -0.3 is 9.64 Å². The third-order valence-corrected chi connectivity index (χ3v) is 7.33. The average Bonchev–Trinajstić information content (AvgIpc) is 3.02. The van der Waals surface area contributed by atoms with Crippen LogP contribution in [0.25, 0.3) is 6.08 Å². The largest absolute Gasteiger partial charge is 0.382 e. The highest BCUT2D eigenvalue weighted by Crippen LogP contribution is 2.36. The highest BCUT2D eigenvalue weighted by molar-refractivity contribution is 8.26. The van der Waals surface area contributed by atoms with E-state index in [2.05, 4.69) is 17.9 Å². The smallest absolute Gasteiger partial charge is 0.270 e. The molecule has 2 aliphatic rings. The summed E-state index contributed by atoms with van der Waals surface area (Å²) in [7, 11) is 1.70. The van der Waals surface area contributed by atoms with E-state index in [1.165, 1.54) is 11.8 Å². The van der Waals surface area contributed by atoms with Crippen LogP contribution in [0, 0.1) is 24.2 Å². The lowest BCUT2D eigenvalue weighted by atomic mass is 9.98. The summed E-state index contributed by atoms with van der Waals surface area (Å²) >= 11 is 6.73. The first-order chi connectivity index (χ1) is 15.3. The standard InChI is InChI=1S/C23H30N4O3S2/c1-5-30-11-7-10-27-22(29)19(32-23(27)31)12-17-16(3)18(13-24)21(28)25(4)20(17)26-9-6-8-15(2)14-26/h12,15H,5-11,14H2,1-4H3. The van der Waals surface area contributed by atoms with Crippen LogP contribution >= 0.6 is 24.0 Å². The van der Waals surface area contributed by atoms with Crippen molar-refractivity contribution in [3.63, 3.8) is 0 Å². The summed E-state index contributed by atoms with van der Waals surface area (Å²) in [6.07, 6.45) is 4.71. The van der Waals surface area contributed by atoms with E-state index in [0.717, 1.165) is 37.3 Å². The van der Waals surface area contributed by atoms with Crippen molar-refractivity contribution < 1.29 is 9.53 Å². The van der Waals surface area contributed by atoms with Gasteiger partial charge in [-0.05, 0) is 50.7 Å². The topological polar surface area (TPSA) is 78.6 Å². The number of ether oxygens (including phenoxy) is 1. The van der Waals surface area contributed by atoms with Crippen LogP contribution in [0.3, 0.4) is 0 Å². The number of hydrogen-bond acceptors (Lipinski definition) is 7. The summed E-state index contributed by atoms with van der Waals surface area (Å²) in [5.41, 5.74) is 1.15. The molecule has 172 valence electrons. The highest BCUT2D eigenvalue weighted by Gasteiger charge is 2.33. The molecule has 3 heterocycles. The molecule has 32 heavy (non-hydrogen) atoms.